The molecular weight excluding hydrogens is 286 g/mol. The minimum atomic E-state index is -4.01. The summed E-state index contributed by atoms with van der Waals surface area (Å²) in [5, 5.41) is 2.94. The van der Waals surface area contributed by atoms with Crippen LogP contribution in [0.25, 0.3) is 0 Å². The Kier molecular flexibility index (Phi) is 4.72. The second kappa shape index (κ2) is 6.15. The van der Waals surface area contributed by atoms with Crippen molar-refractivity contribution in [2.45, 2.75) is 30.2 Å². The fourth-order valence-corrected chi connectivity index (χ4v) is 4.30. The van der Waals surface area contributed by atoms with Crippen molar-refractivity contribution in [3.05, 3.63) is 29.8 Å². The smallest absolute Gasteiger partial charge is 0.246 e. The molecule has 0 spiro atoms. The van der Waals surface area contributed by atoms with Crippen LogP contribution in [0.5, 0.6) is 0 Å². The van der Waals surface area contributed by atoms with Crippen molar-refractivity contribution in [2.24, 2.45) is 0 Å². The molecule has 4 nitrogen and oxygen atoms in total. The summed E-state index contributed by atoms with van der Waals surface area (Å²) in [7, 11) is -2.27. The molecule has 20 heavy (non-hydrogen) atoms. The summed E-state index contributed by atoms with van der Waals surface area (Å²) >= 11 is 0. The van der Waals surface area contributed by atoms with Gasteiger partial charge in [0.25, 0.3) is 0 Å². The van der Waals surface area contributed by atoms with E-state index >= 15 is 0 Å². The van der Waals surface area contributed by atoms with Crippen LogP contribution in [-0.2, 0) is 10.0 Å². The predicted octanol–water partition coefficient (Wildman–Crippen LogP) is 1.73. The van der Waals surface area contributed by atoms with Gasteiger partial charge in [0.1, 0.15) is 16.5 Å². The topological polar surface area (TPSA) is 49.4 Å². The van der Waals surface area contributed by atoms with E-state index in [9.17, 15) is 17.2 Å². The van der Waals surface area contributed by atoms with E-state index in [1.807, 2.05) is 0 Å². The van der Waals surface area contributed by atoms with E-state index < -0.39 is 26.6 Å². The number of piperidine rings is 1. The summed E-state index contributed by atoms with van der Waals surface area (Å²) in [6, 6.07) is 2.28. The maximum absolute atomic E-state index is 13.7. The Morgan fingerprint density at radius 1 is 1.35 bits per heavy atom. The van der Waals surface area contributed by atoms with Crippen molar-refractivity contribution in [1.29, 1.82) is 0 Å². The van der Waals surface area contributed by atoms with E-state index in [4.69, 9.17) is 0 Å². The first-order chi connectivity index (χ1) is 9.46. The van der Waals surface area contributed by atoms with E-state index in [1.165, 1.54) is 4.31 Å². The first kappa shape index (κ1) is 15.3. The lowest BCUT2D eigenvalue weighted by Gasteiger charge is -2.34. The third-order valence-corrected chi connectivity index (χ3v) is 5.46. The summed E-state index contributed by atoms with van der Waals surface area (Å²) in [6.07, 6.45) is 2.39. The Morgan fingerprint density at radius 2 is 2.10 bits per heavy atom. The van der Waals surface area contributed by atoms with E-state index in [0.29, 0.717) is 13.1 Å². The summed E-state index contributed by atoms with van der Waals surface area (Å²) in [5.41, 5.74) is 0. The van der Waals surface area contributed by atoms with Crippen LogP contribution in [0, 0.1) is 11.6 Å². The molecule has 1 aromatic carbocycles. The fourth-order valence-electron chi connectivity index (χ4n) is 2.53. The van der Waals surface area contributed by atoms with Gasteiger partial charge in [-0.3, -0.25) is 0 Å². The van der Waals surface area contributed by atoms with Crippen LogP contribution in [0.1, 0.15) is 19.3 Å². The minimum absolute atomic E-state index is 0.221. The molecule has 1 saturated heterocycles. The van der Waals surface area contributed by atoms with Gasteiger partial charge in [0.15, 0.2) is 0 Å². The standard InChI is InChI=1S/C13H18F2N2O2S/c1-16-9-11-4-2-3-7-17(11)20(18,19)13-8-10(14)5-6-12(13)15/h5-6,8,11,16H,2-4,7,9H2,1H3. The normalized spacial score (nSPS) is 21.1. The van der Waals surface area contributed by atoms with E-state index in [1.54, 1.807) is 7.05 Å². The molecule has 0 bridgehead atoms. The van der Waals surface area contributed by atoms with Crippen LogP contribution in [0.2, 0.25) is 0 Å². The summed E-state index contributed by atoms with van der Waals surface area (Å²) in [4.78, 5) is -0.583. The van der Waals surface area contributed by atoms with Gasteiger partial charge in [-0.2, -0.15) is 4.31 Å². The van der Waals surface area contributed by atoms with Gasteiger partial charge >= 0.3 is 0 Å². The minimum Gasteiger partial charge on any atom is -0.318 e. The second-order valence-electron chi connectivity index (χ2n) is 4.90. The Balaban J connectivity index is 2.39. The van der Waals surface area contributed by atoms with Gasteiger partial charge in [0.2, 0.25) is 10.0 Å². The molecule has 1 aromatic rings. The first-order valence-corrected chi connectivity index (χ1v) is 8.02. The summed E-state index contributed by atoms with van der Waals surface area (Å²) < 4.78 is 53.3. The van der Waals surface area contributed by atoms with E-state index in [0.717, 1.165) is 37.5 Å². The monoisotopic (exact) mass is 304 g/mol. The van der Waals surface area contributed by atoms with E-state index in [2.05, 4.69) is 5.32 Å². The second-order valence-corrected chi connectivity index (χ2v) is 6.76. The highest BCUT2D eigenvalue weighted by Gasteiger charge is 2.34. The average Bonchev–Trinajstić information content (AvgIpc) is 2.42. The van der Waals surface area contributed by atoms with E-state index in [-0.39, 0.29) is 6.04 Å². The number of sulfonamides is 1. The zero-order valence-corrected chi connectivity index (χ0v) is 12.1. The molecule has 7 heteroatoms. The van der Waals surface area contributed by atoms with Gasteiger partial charge in [-0.15, -0.1) is 0 Å². The Bertz CT molecular complexity index is 576. The Morgan fingerprint density at radius 3 is 2.80 bits per heavy atom. The number of nitrogens with one attached hydrogen (secondary N) is 1. The lowest BCUT2D eigenvalue weighted by molar-refractivity contribution is 0.248. The third kappa shape index (κ3) is 2.99. The van der Waals surface area contributed by atoms with Crippen LogP contribution in [0.4, 0.5) is 8.78 Å². The maximum atomic E-state index is 13.7. The zero-order valence-electron chi connectivity index (χ0n) is 11.3. The Hall–Kier alpha value is -1.05. The van der Waals surface area contributed by atoms with Gasteiger partial charge in [-0.25, -0.2) is 17.2 Å². The molecule has 1 aliphatic heterocycles. The van der Waals surface area contributed by atoms with Gasteiger partial charge in [-0.05, 0) is 38.1 Å². The van der Waals surface area contributed by atoms with Crippen molar-refractivity contribution in [3.63, 3.8) is 0 Å². The molecule has 1 aliphatic rings. The van der Waals surface area contributed by atoms with Crippen LogP contribution in [-0.4, -0.2) is 38.9 Å². The molecule has 0 aliphatic carbocycles. The van der Waals surface area contributed by atoms with Crippen molar-refractivity contribution < 1.29 is 17.2 Å². The summed E-state index contributed by atoms with van der Waals surface area (Å²) in [5.74, 6) is -1.67. The molecule has 0 radical (unpaired) electrons. The number of halogens is 2. The molecule has 0 saturated carbocycles. The first-order valence-electron chi connectivity index (χ1n) is 6.58. The average molecular weight is 304 g/mol. The number of likely N-dealkylation sites (N-methyl/N-ethyl adjacent to an activating group) is 1. The quantitative estimate of drug-likeness (QED) is 0.921. The molecule has 112 valence electrons. The molecule has 1 unspecified atom stereocenters. The van der Waals surface area contributed by atoms with Crippen molar-refractivity contribution in [2.75, 3.05) is 20.1 Å². The SMILES string of the molecule is CNCC1CCCCN1S(=O)(=O)c1cc(F)ccc1F. The highest BCUT2D eigenvalue weighted by molar-refractivity contribution is 7.89. The van der Waals surface area contributed by atoms with Gasteiger partial charge in [0, 0.05) is 19.1 Å². The molecule has 0 amide bonds. The summed E-state index contributed by atoms with van der Waals surface area (Å²) in [6.45, 7) is 0.834. The van der Waals surface area contributed by atoms with Crippen molar-refractivity contribution >= 4 is 10.0 Å². The Labute approximate surface area is 117 Å². The van der Waals surface area contributed by atoms with Crippen LogP contribution < -0.4 is 5.32 Å². The number of rotatable bonds is 4. The molecule has 1 atom stereocenters. The molecule has 2 rings (SSSR count). The van der Waals surface area contributed by atoms with Crippen molar-refractivity contribution in [3.8, 4) is 0 Å². The van der Waals surface area contributed by atoms with Gasteiger partial charge < -0.3 is 5.32 Å². The zero-order chi connectivity index (χ0) is 14.8. The molecule has 1 heterocycles. The number of hydrogen-bond acceptors (Lipinski definition) is 3. The molecular formula is C13H18F2N2O2S. The van der Waals surface area contributed by atoms with Crippen LogP contribution >= 0.6 is 0 Å². The number of hydrogen-bond donors (Lipinski definition) is 1. The highest BCUT2D eigenvalue weighted by Crippen LogP contribution is 2.27. The molecule has 0 aromatic heterocycles. The van der Waals surface area contributed by atoms with Gasteiger partial charge in [-0.1, -0.05) is 6.42 Å². The van der Waals surface area contributed by atoms with Crippen molar-refractivity contribution in [1.82, 2.24) is 9.62 Å². The fraction of sp³-hybridized carbons (Fsp3) is 0.538. The van der Waals surface area contributed by atoms with Gasteiger partial charge in [0.05, 0.1) is 0 Å². The highest BCUT2D eigenvalue weighted by atomic mass is 32.2. The van der Waals surface area contributed by atoms with Crippen LogP contribution in [0.3, 0.4) is 0 Å². The molecule has 1 fully saturated rings. The number of benzene rings is 1. The third-order valence-electron chi connectivity index (χ3n) is 3.49. The maximum Gasteiger partial charge on any atom is 0.246 e. The lowest BCUT2D eigenvalue weighted by Crippen LogP contribution is -2.48. The largest absolute Gasteiger partial charge is 0.318 e. The lowest BCUT2D eigenvalue weighted by atomic mass is 10.1. The molecule has 1 N–H and O–H groups in total. The number of nitrogens with zero attached hydrogens (tertiary/aromatic N) is 1. The van der Waals surface area contributed by atoms with Crippen LogP contribution in [0.15, 0.2) is 23.1 Å². The predicted molar refractivity (Wildman–Crippen MR) is 71.8 cm³/mol.